The summed E-state index contributed by atoms with van der Waals surface area (Å²) >= 11 is 0. The zero-order valence-corrected chi connectivity index (χ0v) is 13.1. The van der Waals surface area contributed by atoms with Gasteiger partial charge in [-0.3, -0.25) is 9.48 Å². The molecule has 0 bridgehead atoms. The molecule has 1 aliphatic heterocycles. The first-order valence-corrected chi connectivity index (χ1v) is 7.37. The van der Waals surface area contributed by atoms with Crippen molar-refractivity contribution in [2.24, 2.45) is 7.05 Å². The lowest BCUT2D eigenvalue weighted by Gasteiger charge is -2.23. The van der Waals surface area contributed by atoms with Crippen LogP contribution in [0.1, 0.15) is 34.9 Å². The van der Waals surface area contributed by atoms with Gasteiger partial charge in [-0.05, 0) is 25.0 Å². The van der Waals surface area contributed by atoms with E-state index in [0.717, 1.165) is 30.8 Å². The highest BCUT2D eigenvalue weighted by atomic mass is 16.2. The van der Waals surface area contributed by atoms with Crippen LogP contribution in [0.15, 0.2) is 24.5 Å². The second-order valence-corrected chi connectivity index (χ2v) is 5.78. The molecule has 1 amide bonds. The molecule has 0 N–H and O–H groups in total. The third-order valence-electron chi connectivity index (χ3n) is 3.95. The van der Waals surface area contributed by atoms with Gasteiger partial charge in [0.05, 0.1) is 12.2 Å². The number of anilines is 1. The van der Waals surface area contributed by atoms with E-state index in [1.54, 1.807) is 10.7 Å². The first-order chi connectivity index (χ1) is 10.6. The summed E-state index contributed by atoms with van der Waals surface area (Å²) in [5.74, 6) is 0.672. The Balaban J connectivity index is 1.81. The summed E-state index contributed by atoms with van der Waals surface area (Å²) in [5, 5.41) is 12.4. The fourth-order valence-corrected chi connectivity index (χ4v) is 2.79. The lowest BCUT2D eigenvalue weighted by atomic mass is 10.1. The van der Waals surface area contributed by atoms with Crippen LogP contribution in [-0.4, -0.2) is 51.4 Å². The molecule has 1 aliphatic rings. The standard InChI is InChI=1S/C15H20N6O/c1-19(2)14-7-6-12(17-18-14)15(22)21-8-4-5-13(21)11-9-16-20(3)10-11/h6-7,9-10,13H,4-5,8H2,1-3H3/t13-/m0/s1. The number of nitrogens with zero attached hydrogens (tertiary/aromatic N) is 6. The molecule has 1 saturated heterocycles. The Labute approximate surface area is 129 Å². The molecule has 0 spiro atoms. The van der Waals surface area contributed by atoms with Crippen molar-refractivity contribution in [1.29, 1.82) is 0 Å². The van der Waals surface area contributed by atoms with Crippen LogP contribution in [0.25, 0.3) is 0 Å². The molecule has 116 valence electrons. The third-order valence-corrected chi connectivity index (χ3v) is 3.95. The van der Waals surface area contributed by atoms with Gasteiger partial charge in [-0.1, -0.05) is 0 Å². The maximum Gasteiger partial charge on any atom is 0.274 e. The maximum atomic E-state index is 12.7. The number of rotatable bonds is 3. The predicted molar refractivity (Wildman–Crippen MR) is 82.6 cm³/mol. The average molecular weight is 300 g/mol. The van der Waals surface area contributed by atoms with E-state index in [1.807, 2.05) is 49.4 Å². The van der Waals surface area contributed by atoms with Crippen LogP contribution in [0.5, 0.6) is 0 Å². The minimum absolute atomic E-state index is 0.0656. The fraction of sp³-hybridized carbons (Fsp3) is 0.467. The first kappa shape index (κ1) is 14.5. The van der Waals surface area contributed by atoms with Gasteiger partial charge in [-0.2, -0.15) is 5.10 Å². The van der Waals surface area contributed by atoms with Crippen molar-refractivity contribution in [3.05, 3.63) is 35.8 Å². The molecule has 3 rings (SSSR count). The molecule has 2 aromatic rings. The summed E-state index contributed by atoms with van der Waals surface area (Å²) in [6.07, 6.45) is 5.75. The molecule has 1 fully saturated rings. The van der Waals surface area contributed by atoms with Gasteiger partial charge in [-0.15, -0.1) is 10.2 Å². The number of likely N-dealkylation sites (tertiary alicyclic amines) is 1. The van der Waals surface area contributed by atoms with Crippen LogP contribution in [-0.2, 0) is 7.05 Å². The highest BCUT2D eigenvalue weighted by Crippen LogP contribution is 2.32. The number of carbonyl (C=O) groups excluding carboxylic acids is 1. The molecule has 3 heterocycles. The fourth-order valence-electron chi connectivity index (χ4n) is 2.79. The minimum atomic E-state index is -0.0656. The van der Waals surface area contributed by atoms with Gasteiger partial charge < -0.3 is 9.80 Å². The number of carbonyl (C=O) groups is 1. The van der Waals surface area contributed by atoms with Crippen LogP contribution in [0.3, 0.4) is 0 Å². The average Bonchev–Trinajstić information content (AvgIpc) is 3.15. The first-order valence-electron chi connectivity index (χ1n) is 7.37. The van der Waals surface area contributed by atoms with Crippen molar-refractivity contribution in [1.82, 2.24) is 24.9 Å². The Hall–Kier alpha value is -2.44. The van der Waals surface area contributed by atoms with Crippen molar-refractivity contribution >= 4 is 11.7 Å². The summed E-state index contributed by atoms with van der Waals surface area (Å²) in [4.78, 5) is 16.4. The summed E-state index contributed by atoms with van der Waals surface area (Å²) in [6.45, 7) is 0.746. The molecule has 7 heteroatoms. The van der Waals surface area contributed by atoms with Crippen molar-refractivity contribution < 1.29 is 4.79 Å². The lowest BCUT2D eigenvalue weighted by molar-refractivity contribution is 0.0728. The zero-order valence-electron chi connectivity index (χ0n) is 13.1. The molecular weight excluding hydrogens is 280 g/mol. The predicted octanol–water partition coefficient (Wildman–Crippen LogP) is 1.25. The van der Waals surface area contributed by atoms with Gasteiger partial charge in [0.2, 0.25) is 0 Å². The van der Waals surface area contributed by atoms with E-state index in [9.17, 15) is 4.79 Å². The zero-order chi connectivity index (χ0) is 15.7. The summed E-state index contributed by atoms with van der Waals surface area (Å²) in [5.41, 5.74) is 1.47. The molecule has 0 aliphatic carbocycles. The molecule has 0 radical (unpaired) electrons. The lowest BCUT2D eigenvalue weighted by Crippen LogP contribution is -2.31. The van der Waals surface area contributed by atoms with Crippen molar-refractivity contribution in [2.45, 2.75) is 18.9 Å². The Morgan fingerprint density at radius 1 is 1.32 bits per heavy atom. The van der Waals surface area contributed by atoms with E-state index in [4.69, 9.17) is 0 Å². The van der Waals surface area contributed by atoms with Gasteiger partial charge >= 0.3 is 0 Å². The van der Waals surface area contributed by atoms with Gasteiger partial charge in [-0.25, -0.2) is 0 Å². The maximum absolute atomic E-state index is 12.7. The van der Waals surface area contributed by atoms with Gasteiger partial charge in [0.15, 0.2) is 11.5 Å². The second-order valence-electron chi connectivity index (χ2n) is 5.78. The number of amides is 1. The van der Waals surface area contributed by atoms with Crippen LogP contribution >= 0.6 is 0 Å². The van der Waals surface area contributed by atoms with Crippen molar-refractivity contribution in [2.75, 3.05) is 25.5 Å². The molecule has 0 aromatic carbocycles. The van der Waals surface area contributed by atoms with E-state index in [0.29, 0.717) is 5.69 Å². The van der Waals surface area contributed by atoms with Crippen LogP contribution in [0.4, 0.5) is 5.82 Å². The normalized spacial score (nSPS) is 17.8. The van der Waals surface area contributed by atoms with Crippen LogP contribution in [0, 0.1) is 0 Å². The SMILES string of the molecule is CN(C)c1ccc(C(=O)N2CCC[C@H]2c2cnn(C)c2)nn1. The summed E-state index contributed by atoms with van der Waals surface area (Å²) in [7, 11) is 5.67. The number of hydrogen-bond donors (Lipinski definition) is 0. The van der Waals surface area contributed by atoms with Gasteiger partial charge in [0.25, 0.3) is 5.91 Å². The van der Waals surface area contributed by atoms with Crippen molar-refractivity contribution in [3.8, 4) is 0 Å². The molecule has 1 atom stereocenters. The quantitative estimate of drug-likeness (QED) is 0.853. The minimum Gasteiger partial charge on any atom is -0.361 e. The Morgan fingerprint density at radius 2 is 2.14 bits per heavy atom. The van der Waals surface area contributed by atoms with Crippen LogP contribution in [0.2, 0.25) is 0 Å². The highest BCUT2D eigenvalue weighted by molar-refractivity contribution is 5.92. The van der Waals surface area contributed by atoms with Gasteiger partial charge in [0, 0.05) is 39.4 Å². The molecule has 0 unspecified atom stereocenters. The van der Waals surface area contributed by atoms with E-state index < -0.39 is 0 Å². The molecule has 7 nitrogen and oxygen atoms in total. The Kier molecular flexibility index (Phi) is 3.79. The Bertz CT molecular complexity index is 663. The van der Waals surface area contributed by atoms with E-state index in [-0.39, 0.29) is 11.9 Å². The summed E-state index contributed by atoms with van der Waals surface area (Å²) < 4.78 is 1.77. The topological polar surface area (TPSA) is 67.2 Å². The number of aryl methyl sites for hydroxylation is 1. The number of hydrogen-bond acceptors (Lipinski definition) is 5. The second kappa shape index (κ2) is 5.75. The molecular formula is C15H20N6O. The van der Waals surface area contributed by atoms with Gasteiger partial charge in [0.1, 0.15) is 0 Å². The molecule has 2 aromatic heterocycles. The molecule has 22 heavy (non-hydrogen) atoms. The third kappa shape index (κ3) is 2.66. The Morgan fingerprint density at radius 3 is 2.73 bits per heavy atom. The van der Waals surface area contributed by atoms with Crippen molar-refractivity contribution in [3.63, 3.8) is 0 Å². The van der Waals surface area contributed by atoms with E-state index >= 15 is 0 Å². The monoisotopic (exact) mass is 300 g/mol. The number of aromatic nitrogens is 4. The summed E-state index contributed by atoms with van der Waals surface area (Å²) in [6, 6.07) is 3.63. The smallest absolute Gasteiger partial charge is 0.274 e. The highest BCUT2D eigenvalue weighted by Gasteiger charge is 2.32. The largest absolute Gasteiger partial charge is 0.361 e. The van der Waals surface area contributed by atoms with E-state index in [1.165, 1.54) is 0 Å². The van der Waals surface area contributed by atoms with E-state index in [2.05, 4.69) is 15.3 Å². The van der Waals surface area contributed by atoms with Crippen LogP contribution < -0.4 is 4.90 Å². The molecule has 0 saturated carbocycles.